The summed E-state index contributed by atoms with van der Waals surface area (Å²) in [5.74, 6) is -12.9. The van der Waals surface area contributed by atoms with Gasteiger partial charge in [-0.15, -0.1) is 13.2 Å². The van der Waals surface area contributed by atoms with Gasteiger partial charge in [0.05, 0.1) is 5.56 Å². The van der Waals surface area contributed by atoms with Crippen LogP contribution in [0.1, 0.15) is 37.3 Å². The predicted octanol–water partition coefficient (Wildman–Crippen LogP) is 12.4. The standard InChI is InChI=1S/C37H24F12O2/c1-2-3-4-5-19-6-9-24(26(38)12-19)20-7-10-25(27(39)13-20)21-14-29(41)34(30(42)15-21)22-16-31(43)35(32(44)17-22)36(45,46)50-23-8-11-33(28(40)18-23)51-37(47,48)49/h6-18H,2-5H2,1H3. The third-order valence-electron chi connectivity index (χ3n) is 7.73. The lowest BCUT2D eigenvalue weighted by Crippen LogP contribution is -2.25. The molecule has 0 saturated heterocycles. The molecule has 0 unspecified atom stereocenters. The highest BCUT2D eigenvalue weighted by Crippen LogP contribution is 2.40. The molecular weight excluding hydrogens is 704 g/mol. The van der Waals surface area contributed by atoms with E-state index in [9.17, 15) is 39.5 Å². The fraction of sp³-hybridized carbons (Fsp3) is 0.189. The van der Waals surface area contributed by atoms with Crippen molar-refractivity contribution in [2.75, 3.05) is 0 Å². The minimum atomic E-state index is -5.31. The minimum Gasteiger partial charge on any atom is -0.429 e. The van der Waals surface area contributed by atoms with Gasteiger partial charge in [0.15, 0.2) is 11.6 Å². The van der Waals surface area contributed by atoms with Crippen molar-refractivity contribution in [2.45, 2.75) is 45.1 Å². The van der Waals surface area contributed by atoms with Gasteiger partial charge in [0.25, 0.3) is 0 Å². The van der Waals surface area contributed by atoms with E-state index in [-0.39, 0.29) is 46.5 Å². The van der Waals surface area contributed by atoms with E-state index in [1.165, 1.54) is 18.2 Å². The lowest BCUT2D eigenvalue weighted by molar-refractivity contribution is -0.275. The number of ether oxygens (including phenoxy) is 2. The molecule has 14 heteroatoms. The van der Waals surface area contributed by atoms with E-state index in [1.807, 2.05) is 6.92 Å². The van der Waals surface area contributed by atoms with Gasteiger partial charge in [0.1, 0.15) is 46.2 Å². The van der Waals surface area contributed by atoms with Crippen LogP contribution in [0.15, 0.2) is 78.9 Å². The molecule has 2 nitrogen and oxygen atoms in total. The first kappa shape index (κ1) is 37.1. The summed E-state index contributed by atoms with van der Waals surface area (Å²) in [4.78, 5) is 0. The van der Waals surface area contributed by atoms with Gasteiger partial charge in [-0.25, -0.2) is 30.7 Å². The summed E-state index contributed by atoms with van der Waals surface area (Å²) in [5.41, 5.74) is -3.65. The van der Waals surface area contributed by atoms with Gasteiger partial charge in [-0.2, -0.15) is 8.78 Å². The van der Waals surface area contributed by atoms with Crippen molar-refractivity contribution in [3.63, 3.8) is 0 Å². The molecule has 0 aliphatic carbocycles. The molecule has 0 fully saturated rings. The summed E-state index contributed by atoms with van der Waals surface area (Å²) >= 11 is 0. The Labute approximate surface area is 282 Å². The summed E-state index contributed by atoms with van der Waals surface area (Å²) in [7, 11) is 0. The summed E-state index contributed by atoms with van der Waals surface area (Å²) in [6.45, 7) is 2.04. The normalized spacial score (nSPS) is 11.9. The Kier molecular flexibility index (Phi) is 10.6. The Hall–Kier alpha value is -5.14. The summed E-state index contributed by atoms with van der Waals surface area (Å²) in [6.07, 6.45) is -6.70. The van der Waals surface area contributed by atoms with Crippen molar-refractivity contribution in [1.29, 1.82) is 0 Å². The van der Waals surface area contributed by atoms with Crippen LogP contribution in [0.5, 0.6) is 11.5 Å². The fourth-order valence-electron chi connectivity index (χ4n) is 5.40. The molecule has 0 radical (unpaired) electrons. The van der Waals surface area contributed by atoms with E-state index in [1.54, 1.807) is 6.07 Å². The zero-order valence-corrected chi connectivity index (χ0v) is 26.2. The molecule has 0 heterocycles. The highest BCUT2D eigenvalue weighted by molar-refractivity contribution is 5.75. The Morgan fingerprint density at radius 1 is 0.510 bits per heavy atom. The SMILES string of the molecule is CCCCCc1ccc(-c2ccc(-c3cc(F)c(-c4cc(F)c(C(F)(F)Oc5ccc(OC(F)(F)F)c(F)c5)c(F)c4)c(F)c3)c(F)c2)c(F)c1. The average molecular weight is 729 g/mol. The monoisotopic (exact) mass is 728 g/mol. The Morgan fingerprint density at radius 3 is 1.65 bits per heavy atom. The van der Waals surface area contributed by atoms with E-state index in [4.69, 9.17) is 0 Å². The van der Waals surface area contributed by atoms with Crippen LogP contribution in [-0.2, 0) is 12.5 Å². The third-order valence-corrected chi connectivity index (χ3v) is 7.73. The Balaban J connectivity index is 1.39. The number of aryl methyl sites for hydroxylation is 1. The molecule has 0 aliphatic rings. The first-order valence-corrected chi connectivity index (χ1v) is 15.2. The second kappa shape index (κ2) is 14.6. The van der Waals surface area contributed by atoms with Crippen LogP contribution in [0.2, 0.25) is 0 Å². The molecule has 0 aliphatic heterocycles. The maximum absolute atomic E-state index is 15.3. The molecule has 0 amide bonds. The zero-order chi connectivity index (χ0) is 37.2. The van der Waals surface area contributed by atoms with E-state index in [2.05, 4.69) is 9.47 Å². The highest BCUT2D eigenvalue weighted by atomic mass is 19.4. The summed E-state index contributed by atoms with van der Waals surface area (Å²) in [6, 6.07) is 10.4. The molecular formula is C37H24F12O2. The van der Waals surface area contributed by atoms with Crippen LogP contribution in [0.25, 0.3) is 33.4 Å². The number of rotatable bonds is 11. The topological polar surface area (TPSA) is 18.5 Å². The van der Waals surface area contributed by atoms with Crippen LogP contribution in [0.3, 0.4) is 0 Å². The van der Waals surface area contributed by atoms with Crippen LogP contribution in [0.4, 0.5) is 52.7 Å². The molecule has 0 aromatic heterocycles. The number of hydrogen-bond donors (Lipinski definition) is 0. The molecule has 5 rings (SSSR count). The van der Waals surface area contributed by atoms with Crippen molar-refractivity contribution in [2.24, 2.45) is 0 Å². The number of benzene rings is 5. The van der Waals surface area contributed by atoms with E-state index >= 15 is 13.2 Å². The van der Waals surface area contributed by atoms with Gasteiger partial charge in [-0.3, -0.25) is 0 Å². The predicted molar refractivity (Wildman–Crippen MR) is 163 cm³/mol. The first-order chi connectivity index (χ1) is 24.0. The van der Waals surface area contributed by atoms with Crippen LogP contribution < -0.4 is 9.47 Å². The molecule has 0 N–H and O–H groups in total. The van der Waals surface area contributed by atoms with Gasteiger partial charge in [-0.1, -0.05) is 44.0 Å². The number of unbranched alkanes of at least 4 members (excludes halogenated alkanes) is 2. The van der Waals surface area contributed by atoms with Crippen molar-refractivity contribution in [3.05, 3.63) is 131 Å². The molecule has 0 spiro atoms. The largest absolute Gasteiger partial charge is 0.573 e. The van der Waals surface area contributed by atoms with E-state index in [0.29, 0.717) is 24.6 Å². The lowest BCUT2D eigenvalue weighted by atomic mass is 9.95. The maximum Gasteiger partial charge on any atom is 0.573 e. The average Bonchev–Trinajstić information content (AvgIpc) is 3.01. The minimum absolute atomic E-state index is 0.0483. The maximum atomic E-state index is 15.3. The molecule has 0 bridgehead atoms. The number of alkyl halides is 5. The molecule has 5 aromatic rings. The van der Waals surface area contributed by atoms with Gasteiger partial charge in [0, 0.05) is 17.2 Å². The summed E-state index contributed by atoms with van der Waals surface area (Å²) in [5, 5.41) is 0. The van der Waals surface area contributed by atoms with E-state index in [0.717, 1.165) is 37.0 Å². The van der Waals surface area contributed by atoms with Crippen molar-refractivity contribution in [3.8, 4) is 44.9 Å². The molecule has 0 atom stereocenters. The smallest absolute Gasteiger partial charge is 0.429 e. The molecule has 51 heavy (non-hydrogen) atoms. The van der Waals surface area contributed by atoms with Gasteiger partial charge in [-0.05, 0) is 83.6 Å². The van der Waals surface area contributed by atoms with Crippen LogP contribution in [-0.4, -0.2) is 6.36 Å². The highest BCUT2D eigenvalue weighted by Gasteiger charge is 2.42. The van der Waals surface area contributed by atoms with Gasteiger partial charge in [0.2, 0.25) is 0 Å². The van der Waals surface area contributed by atoms with E-state index < -0.39 is 81.4 Å². The number of halogens is 12. The van der Waals surface area contributed by atoms with Crippen molar-refractivity contribution >= 4 is 0 Å². The Morgan fingerprint density at radius 2 is 1.08 bits per heavy atom. The van der Waals surface area contributed by atoms with Gasteiger partial charge < -0.3 is 9.47 Å². The first-order valence-electron chi connectivity index (χ1n) is 15.2. The quantitative estimate of drug-likeness (QED) is 0.0996. The second-order valence-electron chi connectivity index (χ2n) is 11.4. The molecule has 5 aromatic carbocycles. The lowest BCUT2D eigenvalue weighted by Gasteiger charge is -2.20. The fourth-order valence-corrected chi connectivity index (χ4v) is 5.40. The van der Waals surface area contributed by atoms with Crippen LogP contribution in [0, 0.1) is 40.7 Å². The van der Waals surface area contributed by atoms with Gasteiger partial charge >= 0.3 is 12.5 Å². The van der Waals surface area contributed by atoms with Crippen molar-refractivity contribution < 1.29 is 62.2 Å². The second-order valence-corrected chi connectivity index (χ2v) is 11.4. The number of hydrogen-bond acceptors (Lipinski definition) is 2. The van der Waals surface area contributed by atoms with Crippen molar-refractivity contribution in [1.82, 2.24) is 0 Å². The Bertz CT molecular complexity index is 2030. The van der Waals surface area contributed by atoms with Crippen LogP contribution >= 0.6 is 0 Å². The zero-order valence-electron chi connectivity index (χ0n) is 26.2. The third kappa shape index (κ3) is 8.43. The molecule has 268 valence electrons. The summed E-state index contributed by atoms with van der Waals surface area (Å²) < 4.78 is 179. The molecule has 0 saturated carbocycles.